The molecular formula is C22H22N2O2S2. The fourth-order valence-corrected chi connectivity index (χ4v) is 4.95. The molecule has 1 fully saturated rings. The van der Waals surface area contributed by atoms with E-state index in [1.807, 2.05) is 18.2 Å². The van der Waals surface area contributed by atoms with Gasteiger partial charge < -0.3 is 10.0 Å². The number of phenols is 1. The predicted molar refractivity (Wildman–Crippen MR) is 120 cm³/mol. The molecule has 2 aromatic rings. The highest BCUT2D eigenvalue weighted by Gasteiger charge is 2.31. The van der Waals surface area contributed by atoms with Gasteiger partial charge in [0.05, 0.1) is 4.91 Å². The van der Waals surface area contributed by atoms with Crippen LogP contribution in [0.5, 0.6) is 5.75 Å². The molecule has 0 radical (unpaired) electrons. The number of carbonyl (C=O) groups excluding carboxylic acids is 1. The molecule has 28 heavy (non-hydrogen) atoms. The Balaban J connectivity index is 1.48. The highest BCUT2D eigenvalue weighted by Crippen LogP contribution is 2.34. The van der Waals surface area contributed by atoms with E-state index in [9.17, 15) is 9.90 Å². The Kier molecular flexibility index (Phi) is 5.42. The Morgan fingerprint density at radius 1 is 1.21 bits per heavy atom. The maximum absolute atomic E-state index is 12.8. The molecule has 1 N–H and O–H groups in total. The molecular weight excluding hydrogens is 388 g/mol. The van der Waals surface area contributed by atoms with Gasteiger partial charge in [-0.15, -0.1) is 0 Å². The van der Waals surface area contributed by atoms with Crippen LogP contribution < -0.4 is 4.90 Å². The number of aromatic hydroxyl groups is 1. The Morgan fingerprint density at radius 2 is 2.00 bits per heavy atom. The van der Waals surface area contributed by atoms with E-state index in [4.69, 9.17) is 12.2 Å². The summed E-state index contributed by atoms with van der Waals surface area (Å²) in [6.07, 6.45) is 4.89. The summed E-state index contributed by atoms with van der Waals surface area (Å²) in [7, 11) is 2.12. The molecule has 2 heterocycles. The molecule has 2 aliphatic rings. The summed E-state index contributed by atoms with van der Waals surface area (Å²) < 4.78 is 0.604. The molecule has 144 valence electrons. The monoisotopic (exact) mass is 410 g/mol. The summed E-state index contributed by atoms with van der Waals surface area (Å²) in [5.74, 6) is 0.220. The quantitative estimate of drug-likeness (QED) is 0.604. The molecule has 0 unspecified atom stereocenters. The third-order valence-corrected chi connectivity index (χ3v) is 6.56. The standard InChI is InChI=1S/C22H22N2O2S2/c1-23-11-2-3-17-13-16(6-9-19(17)23)14-20-21(26)24(22(27)28-20)12-10-15-4-7-18(25)8-5-15/h4-9,13-14,25H,2-3,10-12H2,1H3/b20-14+. The number of carbonyl (C=O) groups is 1. The zero-order valence-corrected chi connectivity index (χ0v) is 17.4. The van der Waals surface area contributed by atoms with Gasteiger partial charge in [0.2, 0.25) is 0 Å². The Bertz CT molecular complexity index is 954. The molecule has 2 aliphatic heterocycles. The maximum atomic E-state index is 12.8. The Labute approximate surface area is 174 Å². The molecule has 1 amide bonds. The molecule has 6 heteroatoms. The largest absolute Gasteiger partial charge is 0.508 e. The molecule has 0 atom stereocenters. The van der Waals surface area contributed by atoms with Crippen LogP contribution in [0.1, 0.15) is 23.1 Å². The number of hydrogen-bond donors (Lipinski definition) is 1. The van der Waals surface area contributed by atoms with Crippen LogP contribution in [0.25, 0.3) is 6.08 Å². The maximum Gasteiger partial charge on any atom is 0.266 e. The second-order valence-corrected chi connectivity index (χ2v) is 8.84. The van der Waals surface area contributed by atoms with Gasteiger partial charge in [-0.3, -0.25) is 9.69 Å². The molecule has 2 aromatic carbocycles. The van der Waals surface area contributed by atoms with Gasteiger partial charge in [0, 0.05) is 25.8 Å². The van der Waals surface area contributed by atoms with E-state index < -0.39 is 0 Å². The summed E-state index contributed by atoms with van der Waals surface area (Å²) in [6, 6.07) is 13.5. The lowest BCUT2D eigenvalue weighted by molar-refractivity contribution is -0.122. The van der Waals surface area contributed by atoms with E-state index in [2.05, 4.69) is 30.1 Å². The van der Waals surface area contributed by atoms with Gasteiger partial charge in [-0.2, -0.15) is 0 Å². The molecule has 4 rings (SSSR count). The SMILES string of the molecule is CN1CCCc2cc(/C=C3/SC(=S)N(CCc4ccc(O)cc4)C3=O)ccc21. The number of nitrogens with zero attached hydrogens (tertiary/aromatic N) is 2. The van der Waals surface area contributed by atoms with Crippen molar-refractivity contribution in [3.8, 4) is 5.75 Å². The Morgan fingerprint density at radius 3 is 2.79 bits per heavy atom. The lowest BCUT2D eigenvalue weighted by Gasteiger charge is -2.27. The van der Waals surface area contributed by atoms with Crippen molar-refractivity contribution in [3.63, 3.8) is 0 Å². The fraction of sp³-hybridized carbons (Fsp3) is 0.273. The topological polar surface area (TPSA) is 43.8 Å². The molecule has 0 aliphatic carbocycles. The van der Waals surface area contributed by atoms with Crippen LogP contribution in [0.15, 0.2) is 47.4 Å². The number of thioether (sulfide) groups is 1. The van der Waals surface area contributed by atoms with E-state index in [0.29, 0.717) is 22.2 Å². The van der Waals surface area contributed by atoms with Crippen LogP contribution in [0.2, 0.25) is 0 Å². The molecule has 0 bridgehead atoms. The minimum absolute atomic E-state index is 0.0244. The van der Waals surface area contributed by atoms with Gasteiger partial charge >= 0.3 is 0 Å². The minimum Gasteiger partial charge on any atom is -0.508 e. The predicted octanol–water partition coefficient (Wildman–Crippen LogP) is 4.22. The van der Waals surface area contributed by atoms with Crippen molar-refractivity contribution < 1.29 is 9.90 Å². The summed E-state index contributed by atoms with van der Waals surface area (Å²) in [5.41, 5.74) is 4.73. The first-order valence-electron chi connectivity index (χ1n) is 9.38. The van der Waals surface area contributed by atoms with Crippen molar-refractivity contribution in [1.29, 1.82) is 0 Å². The summed E-state index contributed by atoms with van der Waals surface area (Å²) in [4.78, 5) is 17.5. The third kappa shape index (κ3) is 3.93. The van der Waals surface area contributed by atoms with E-state index in [0.717, 1.165) is 30.5 Å². The fourth-order valence-electron chi connectivity index (χ4n) is 3.64. The summed E-state index contributed by atoms with van der Waals surface area (Å²) in [6.45, 7) is 1.63. The first-order chi connectivity index (χ1) is 13.5. The second-order valence-electron chi connectivity index (χ2n) is 7.16. The van der Waals surface area contributed by atoms with Gasteiger partial charge in [-0.25, -0.2) is 0 Å². The third-order valence-electron chi connectivity index (χ3n) is 5.19. The highest BCUT2D eigenvalue weighted by atomic mass is 32.2. The van der Waals surface area contributed by atoms with Gasteiger partial charge in [0.25, 0.3) is 5.91 Å². The van der Waals surface area contributed by atoms with Crippen molar-refractivity contribution >= 4 is 46.0 Å². The van der Waals surface area contributed by atoms with Crippen LogP contribution in [0.3, 0.4) is 0 Å². The van der Waals surface area contributed by atoms with E-state index in [1.54, 1.807) is 17.0 Å². The molecule has 4 nitrogen and oxygen atoms in total. The second kappa shape index (κ2) is 7.97. The number of rotatable bonds is 4. The number of thiocarbonyl (C=S) groups is 1. The van der Waals surface area contributed by atoms with Crippen LogP contribution in [0.4, 0.5) is 5.69 Å². The van der Waals surface area contributed by atoms with Gasteiger partial charge in [0.1, 0.15) is 10.1 Å². The molecule has 0 saturated carbocycles. The zero-order valence-electron chi connectivity index (χ0n) is 15.7. The number of aryl methyl sites for hydroxylation is 1. The number of amides is 1. The minimum atomic E-state index is -0.0244. The zero-order chi connectivity index (χ0) is 19.7. The average molecular weight is 411 g/mol. The van der Waals surface area contributed by atoms with Crippen molar-refractivity contribution in [3.05, 3.63) is 64.1 Å². The van der Waals surface area contributed by atoms with E-state index >= 15 is 0 Å². The van der Waals surface area contributed by atoms with Crippen LogP contribution in [-0.4, -0.2) is 40.4 Å². The van der Waals surface area contributed by atoms with Gasteiger partial charge in [-0.05, 0) is 66.3 Å². The highest BCUT2D eigenvalue weighted by molar-refractivity contribution is 8.26. The summed E-state index contributed by atoms with van der Waals surface area (Å²) >= 11 is 6.81. The number of anilines is 1. The first-order valence-corrected chi connectivity index (χ1v) is 10.6. The van der Waals surface area contributed by atoms with Crippen molar-refractivity contribution in [2.24, 2.45) is 0 Å². The summed E-state index contributed by atoms with van der Waals surface area (Å²) in [5, 5.41) is 9.39. The lowest BCUT2D eigenvalue weighted by Crippen LogP contribution is -2.30. The number of phenolic OH excluding ortho intramolecular Hbond substituents is 1. The van der Waals surface area contributed by atoms with Gasteiger partial charge in [0.15, 0.2) is 0 Å². The van der Waals surface area contributed by atoms with Crippen molar-refractivity contribution in [1.82, 2.24) is 4.90 Å². The van der Waals surface area contributed by atoms with Crippen molar-refractivity contribution in [2.45, 2.75) is 19.3 Å². The molecule has 0 aromatic heterocycles. The number of hydrogen-bond acceptors (Lipinski definition) is 5. The normalized spacial score (nSPS) is 18.1. The van der Waals surface area contributed by atoms with E-state index in [1.165, 1.54) is 23.0 Å². The van der Waals surface area contributed by atoms with Crippen LogP contribution in [-0.2, 0) is 17.6 Å². The van der Waals surface area contributed by atoms with Crippen LogP contribution in [0, 0.1) is 0 Å². The molecule has 0 spiro atoms. The van der Waals surface area contributed by atoms with E-state index in [-0.39, 0.29) is 11.7 Å². The van der Waals surface area contributed by atoms with Crippen molar-refractivity contribution in [2.75, 3.05) is 25.0 Å². The number of benzene rings is 2. The lowest BCUT2D eigenvalue weighted by atomic mass is 9.99. The number of fused-ring (bicyclic) bond motifs is 1. The Hall–Kier alpha value is -2.31. The van der Waals surface area contributed by atoms with Crippen LogP contribution >= 0.6 is 24.0 Å². The smallest absolute Gasteiger partial charge is 0.266 e. The average Bonchev–Trinajstić information content (AvgIpc) is 2.94. The molecule has 1 saturated heterocycles. The first kappa shape index (κ1) is 19.0. The van der Waals surface area contributed by atoms with Gasteiger partial charge in [-0.1, -0.05) is 42.2 Å².